The first-order valence-corrected chi connectivity index (χ1v) is 10.2. The van der Waals surface area contributed by atoms with E-state index in [1.807, 2.05) is 0 Å². The zero-order valence-electron chi connectivity index (χ0n) is 17.3. The fourth-order valence-electron chi connectivity index (χ4n) is 2.64. The number of carbonyl (C=O) groups excluding carboxylic acids is 2. The molecular weight excluding hydrogens is 430 g/mol. The van der Waals surface area contributed by atoms with E-state index < -0.39 is 0 Å². The number of thiocarbonyl (C=S) groups is 1. The third kappa shape index (κ3) is 6.00. The molecule has 0 saturated carbocycles. The fraction of sp³-hybridized carbons (Fsp3) is 0.421. The maximum atomic E-state index is 12.7. The summed E-state index contributed by atoms with van der Waals surface area (Å²) in [5.74, 6) is 1.01. The lowest BCUT2D eigenvalue weighted by atomic mass is 10.1. The smallest absolute Gasteiger partial charge is 0.293 e. The number of imide groups is 1. The summed E-state index contributed by atoms with van der Waals surface area (Å²) in [6.07, 6.45) is 1.62. The molecule has 1 fully saturated rings. The zero-order chi connectivity index (χ0) is 22.1. The molecule has 0 unspecified atom stereocenters. The van der Waals surface area contributed by atoms with Gasteiger partial charge >= 0.3 is 0 Å². The van der Waals surface area contributed by atoms with E-state index in [9.17, 15) is 9.59 Å². The second kappa shape index (κ2) is 11.6. The van der Waals surface area contributed by atoms with E-state index in [1.54, 1.807) is 25.3 Å². The molecule has 2 amide bonds. The van der Waals surface area contributed by atoms with Gasteiger partial charge in [-0.25, -0.2) is 0 Å². The molecule has 0 spiro atoms. The molecule has 0 aromatic heterocycles. The third-order valence-corrected chi connectivity index (χ3v) is 5.27. The quantitative estimate of drug-likeness (QED) is 0.309. The van der Waals surface area contributed by atoms with Crippen LogP contribution < -0.4 is 24.8 Å². The van der Waals surface area contributed by atoms with E-state index in [2.05, 4.69) is 10.6 Å². The van der Waals surface area contributed by atoms with Crippen molar-refractivity contribution < 1.29 is 28.5 Å². The first-order valence-electron chi connectivity index (χ1n) is 9.01. The molecule has 9 nitrogen and oxygen atoms in total. The highest BCUT2D eigenvalue weighted by Gasteiger charge is 2.34. The van der Waals surface area contributed by atoms with Crippen molar-refractivity contribution in [1.29, 1.82) is 0 Å². The van der Waals surface area contributed by atoms with Crippen molar-refractivity contribution >= 4 is 46.3 Å². The number of methoxy groups -OCH3 is 4. The van der Waals surface area contributed by atoms with Gasteiger partial charge in [-0.2, -0.15) is 0 Å². The van der Waals surface area contributed by atoms with Crippen LogP contribution in [0, 0.1) is 0 Å². The number of hydrogen-bond donors (Lipinski definition) is 2. The Morgan fingerprint density at radius 1 is 1.07 bits per heavy atom. The highest BCUT2D eigenvalue weighted by atomic mass is 32.2. The van der Waals surface area contributed by atoms with Gasteiger partial charge in [-0.1, -0.05) is 0 Å². The van der Waals surface area contributed by atoms with E-state index >= 15 is 0 Å². The molecule has 2 N–H and O–H groups in total. The molecule has 30 heavy (non-hydrogen) atoms. The molecule has 2 rings (SSSR count). The lowest BCUT2D eigenvalue weighted by Gasteiger charge is -2.15. The minimum atomic E-state index is -0.362. The normalized spacial score (nSPS) is 14.8. The number of amides is 2. The molecule has 0 bridgehead atoms. The molecule has 1 aliphatic heterocycles. The summed E-state index contributed by atoms with van der Waals surface area (Å²) in [5, 5.41) is 6.02. The fourth-order valence-corrected chi connectivity index (χ4v) is 3.71. The number of rotatable bonds is 10. The summed E-state index contributed by atoms with van der Waals surface area (Å²) >= 11 is 6.01. The highest BCUT2D eigenvalue weighted by Crippen LogP contribution is 2.40. The summed E-state index contributed by atoms with van der Waals surface area (Å²) in [7, 11) is 6.13. The van der Waals surface area contributed by atoms with Crippen LogP contribution >= 0.6 is 24.0 Å². The average molecular weight is 456 g/mol. The van der Waals surface area contributed by atoms with Gasteiger partial charge in [-0.3, -0.25) is 14.5 Å². The van der Waals surface area contributed by atoms with E-state index in [1.165, 1.54) is 26.2 Å². The average Bonchev–Trinajstić information content (AvgIpc) is 3.00. The summed E-state index contributed by atoms with van der Waals surface area (Å²) < 4.78 is 20.9. The highest BCUT2D eigenvalue weighted by molar-refractivity contribution is 8.18. The Kier molecular flexibility index (Phi) is 9.21. The van der Waals surface area contributed by atoms with Crippen LogP contribution in [0.15, 0.2) is 17.0 Å². The van der Waals surface area contributed by atoms with E-state index in [0.717, 1.165) is 11.8 Å². The molecule has 0 atom stereocenters. The number of nitrogens with one attached hydrogen (secondary N) is 2. The Bertz CT molecular complexity index is 805. The Morgan fingerprint density at radius 3 is 2.27 bits per heavy atom. The number of nitrogens with zero attached hydrogens (tertiary/aromatic N) is 1. The Labute approximate surface area is 185 Å². The maximum absolute atomic E-state index is 12.7. The van der Waals surface area contributed by atoms with Crippen LogP contribution in [0.4, 0.5) is 4.79 Å². The van der Waals surface area contributed by atoms with E-state index in [4.69, 9.17) is 31.2 Å². The first-order chi connectivity index (χ1) is 14.4. The van der Waals surface area contributed by atoms with Crippen LogP contribution in [-0.4, -0.2) is 75.8 Å². The lowest BCUT2D eigenvalue weighted by Crippen LogP contribution is -2.42. The van der Waals surface area contributed by atoms with Crippen molar-refractivity contribution in [1.82, 2.24) is 15.5 Å². The Morgan fingerprint density at radius 2 is 1.70 bits per heavy atom. The van der Waals surface area contributed by atoms with Crippen molar-refractivity contribution in [2.24, 2.45) is 0 Å². The van der Waals surface area contributed by atoms with Crippen LogP contribution in [0.25, 0.3) is 6.08 Å². The van der Waals surface area contributed by atoms with Crippen molar-refractivity contribution in [3.05, 3.63) is 22.6 Å². The standard InChI is InChI=1S/C19H25N3O6S2/c1-25-8-6-21-18(29)20-5-7-22-17(23)15(30-19(22)24)11-12-9-13(26-2)16(28-4)14(10-12)27-3/h9-11H,5-8H2,1-4H3,(H2,20,21,29)/b15-11+. The Hall–Kier alpha value is -2.50. The van der Waals surface area contributed by atoms with Crippen molar-refractivity contribution in [2.75, 3.05) is 54.7 Å². The third-order valence-electron chi connectivity index (χ3n) is 4.07. The molecule has 1 heterocycles. The molecule has 11 heteroatoms. The van der Waals surface area contributed by atoms with Gasteiger partial charge in [-0.05, 0) is 47.8 Å². The molecule has 0 radical (unpaired) electrons. The minimum absolute atomic E-state index is 0.198. The van der Waals surface area contributed by atoms with Crippen molar-refractivity contribution in [3.63, 3.8) is 0 Å². The van der Waals surface area contributed by atoms with Gasteiger partial charge in [-0.15, -0.1) is 0 Å². The second-order valence-corrected chi connectivity index (χ2v) is 7.37. The summed E-state index contributed by atoms with van der Waals surface area (Å²) in [6.45, 7) is 1.63. The predicted molar refractivity (Wildman–Crippen MR) is 119 cm³/mol. The molecule has 0 aliphatic carbocycles. The van der Waals surface area contributed by atoms with Gasteiger partial charge < -0.3 is 29.6 Å². The number of carbonyl (C=O) groups is 2. The number of hydrogen-bond acceptors (Lipinski definition) is 8. The number of ether oxygens (including phenoxy) is 4. The van der Waals surface area contributed by atoms with Gasteiger partial charge in [0.2, 0.25) is 5.75 Å². The first kappa shape index (κ1) is 23.8. The second-order valence-electron chi connectivity index (χ2n) is 5.97. The van der Waals surface area contributed by atoms with Crippen LogP contribution in [0.2, 0.25) is 0 Å². The summed E-state index contributed by atoms with van der Waals surface area (Å²) in [5.41, 5.74) is 0.650. The van der Waals surface area contributed by atoms with Gasteiger partial charge in [0.25, 0.3) is 11.1 Å². The molecule has 164 valence electrons. The number of thioether (sulfide) groups is 1. The molecule has 1 aromatic rings. The SMILES string of the molecule is COCCNC(=S)NCCN1C(=O)S/C(=C/c2cc(OC)c(OC)c(OC)c2)C1=O. The molecule has 1 aliphatic rings. The number of benzene rings is 1. The van der Waals surface area contributed by atoms with Crippen LogP contribution in [0.5, 0.6) is 17.2 Å². The van der Waals surface area contributed by atoms with Crippen molar-refractivity contribution in [3.8, 4) is 17.2 Å². The van der Waals surface area contributed by atoms with E-state index in [0.29, 0.717) is 52.5 Å². The van der Waals surface area contributed by atoms with Crippen molar-refractivity contribution in [2.45, 2.75) is 0 Å². The van der Waals surface area contributed by atoms with Gasteiger partial charge in [0.15, 0.2) is 16.6 Å². The minimum Gasteiger partial charge on any atom is -0.493 e. The van der Waals surface area contributed by atoms with Gasteiger partial charge in [0.1, 0.15) is 0 Å². The van der Waals surface area contributed by atoms with E-state index in [-0.39, 0.29) is 17.7 Å². The van der Waals surface area contributed by atoms with Crippen LogP contribution in [0.1, 0.15) is 5.56 Å². The van der Waals surface area contributed by atoms with Crippen LogP contribution in [0.3, 0.4) is 0 Å². The predicted octanol–water partition coefficient (Wildman–Crippen LogP) is 1.86. The Balaban J connectivity index is 2.05. The summed E-state index contributed by atoms with van der Waals surface area (Å²) in [4.78, 5) is 26.5. The topological polar surface area (TPSA) is 98.4 Å². The van der Waals surface area contributed by atoms with Crippen LogP contribution in [-0.2, 0) is 9.53 Å². The van der Waals surface area contributed by atoms with Gasteiger partial charge in [0.05, 0.1) is 32.8 Å². The monoisotopic (exact) mass is 455 g/mol. The molecule has 1 aromatic carbocycles. The molecule has 1 saturated heterocycles. The zero-order valence-corrected chi connectivity index (χ0v) is 18.9. The largest absolute Gasteiger partial charge is 0.493 e. The molecular formula is C19H25N3O6S2. The maximum Gasteiger partial charge on any atom is 0.293 e. The van der Waals surface area contributed by atoms with Gasteiger partial charge in [0, 0.05) is 26.7 Å². The lowest BCUT2D eigenvalue weighted by molar-refractivity contribution is -0.122. The summed E-state index contributed by atoms with van der Waals surface area (Å²) in [6, 6.07) is 3.42.